The van der Waals surface area contributed by atoms with Gasteiger partial charge < -0.3 is 20.6 Å². The van der Waals surface area contributed by atoms with Crippen LogP contribution < -0.4 is 5.73 Å². The zero-order valence-electron chi connectivity index (χ0n) is 8.01. The first-order valence-electron chi connectivity index (χ1n) is 4.33. The van der Waals surface area contributed by atoms with Gasteiger partial charge in [0, 0.05) is 0 Å². The average molecular weight is 225 g/mol. The molecule has 7 heteroatoms. The van der Waals surface area contributed by atoms with Crippen molar-refractivity contribution >= 4 is 13.6 Å². The summed E-state index contributed by atoms with van der Waals surface area (Å²) in [6.45, 7) is 1.90. The van der Waals surface area contributed by atoms with Crippen molar-refractivity contribution in [3.05, 3.63) is 0 Å². The third kappa shape index (κ3) is 3.06. The molecular weight excluding hydrogens is 209 g/mol. The molecule has 0 aliphatic rings. The number of aliphatic carboxylic acids is 1. The zero-order chi connectivity index (χ0) is 11.4. The van der Waals surface area contributed by atoms with E-state index in [0.717, 1.165) is 6.42 Å². The fourth-order valence-electron chi connectivity index (χ4n) is 1.02. The Morgan fingerprint density at radius 2 is 1.93 bits per heavy atom. The normalized spacial score (nSPS) is 16.3. The van der Waals surface area contributed by atoms with Crippen LogP contribution in [0, 0.1) is 0 Å². The fraction of sp³-hybridized carbons (Fsp3) is 0.857. The lowest BCUT2D eigenvalue weighted by atomic mass is 10.1. The van der Waals surface area contributed by atoms with Gasteiger partial charge in [0.1, 0.15) is 0 Å². The molecule has 0 bridgehead atoms. The van der Waals surface area contributed by atoms with Gasteiger partial charge in [-0.3, -0.25) is 4.57 Å². The van der Waals surface area contributed by atoms with Crippen LogP contribution in [0.5, 0.6) is 0 Å². The van der Waals surface area contributed by atoms with Crippen LogP contribution in [0.15, 0.2) is 0 Å². The minimum Gasteiger partial charge on any atom is -0.479 e. The molecule has 1 atom stereocenters. The summed E-state index contributed by atoms with van der Waals surface area (Å²) in [7, 11) is -4.81. The number of unbranched alkanes of at least 4 members (excludes halogenated alkanes) is 2. The van der Waals surface area contributed by atoms with E-state index in [1.165, 1.54) is 0 Å². The summed E-state index contributed by atoms with van der Waals surface area (Å²) < 4.78 is 10.9. The van der Waals surface area contributed by atoms with Gasteiger partial charge >= 0.3 is 13.6 Å². The topological polar surface area (TPSA) is 121 Å². The Balaban J connectivity index is 4.59. The number of carboxylic acids is 1. The second kappa shape index (κ2) is 4.89. The first kappa shape index (κ1) is 13.6. The molecule has 0 saturated heterocycles. The molecule has 0 spiro atoms. The maximum absolute atomic E-state index is 10.9. The van der Waals surface area contributed by atoms with Crippen molar-refractivity contribution in [1.82, 2.24) is 0 Å². The Labute approximate surface area is 82.3 Å². The molecule has 0 aliphatic carbocycles. The van der Waals surface area contributed by atoms with E-state index in [1.54, 1.807) is 0 Å². The van der Waals surface area contributed by atoms with Gasteiger partial charge in [-0.25, -0.2) is 4.79 Å². The smallest absolute Gasteiger partial charge is 0.356 e. The van der Waals surface area contributed by atoms with Crippen molar-refractivity contribution in [1.29, 1.82) is 0 Å². The molecule has 0 heterocycles. The fourth-order valence-corrected chi connectivity index (χ4v) is 1.72. The zero-order valence-corrected chi connectivity index (χ0v) is 8.91. The molecule has 0 aromatic carbocycles. The van der Waals surface area contributed by atoms with Gasteiger partial charge in [0.05, 0.1) is 0 Å². The minimum atomic E-state index is -4.81. The van der Waals surface area contributed by atoms with Crippen LogP contribution in [0.25, 0.3) is 0 Å². The van der Waals surface area contributed by atoms with E-state index in [1.807, 2.05) is 6.92 Å². The largest absolute Gasteiger partial charge is 0.479 e. The molecule has 0 radical (unpaired) electrons. The highest BCUT2D eigenvalue weighted by atomic mass is 31.2. The summed E-state index contributed by atoms with van der Waals surface area (Å²) in [5, 5.41) is 6.22. The Bertz CT molecular complexity index is 250. The number of rotatable bonds is 6. The van der Waals surface area contributed by atoms with Crippen LogP contribution in [0.1, 0.15) is 32.6 Å². The first-order chi connectivity index (χ1) is 6.25. The number of hydrogen-bond acceptors (Lipinski definition) is 3. The van der Waals surface area contributed by atoms with Crippen LogP contribution in [0.2, 0.25) is 0 Å². The molecule has 0 saturated carbocycles. The van der Waals surface area contributed by atoms with Crippen LogP contribution in [0.3, 0.4) is 0 Å². The molecule has 0 fully saturated rings. The molecule has 6 nitrogen and oxygen atoms in total. The monoisotopic (exact) mass is 225 g/mol. The number of carboxylic acid groups (broad SMARTS) is 1. The lowest BCUT2D eigenvalue weighted by Gasteiger charge is -2.25. The molecule has 0 aliphatic heterocycles. The van der Waals surface area contributed by atoms with Crippen molar-refractivity contribution in [2.75, 3.05) is 0 Å². The summed E-state index contributed by atoms with van der Waals surface area (Å²) >= 11 is 0. The van der Waals surface area contributed by atoms with E-state index < -0.39 is 18.8 Å². The summed E-state index contributed by atoms with van der Waals surface area (Å²) in [6, 6.07) is 0. The Hall–Kier alpha value is -0.420. The van der Waals surface area contributed by atoms with E-state index in [4.69, 9.17) is 20.6 Å². The highest BCUT2D eigenvalue weighted by molar-refractivity contribution is 7.54. The second-order valence-corrected chi connectivity index (χ2v) is 5.12. The first-order valence-corrected chi connectivity index (χ1v) is 5.95. The minimum absolute atomic E-state index is 0.208. The molecule has 0 aromatic rings. The predicted octanol–water partition coefficient (Wildman–Crippen LogP) is 0.484. The molecule has 0 aromatic heterocycles. The SMILES string of the molecule is CCCCCC(N)(C(=O)O)P(=O)(O)O. The summed E-state index contributed by atoms with van der Waals surface area (Å²) in [5.74, 6) is -1.65. The molecule has 14 heavy (non-hydrogen) atoms. The summed E-state index contributed by atoms with van der Waals surface area (Å²) in [5.41, 5.74) is 5.20. The number of nitrogens with two attached hydrogens (primary N) is 1. The standard InChI is InChI=1S/C7H16NO5P/c1-2-3-4-5-7(8,6(9)10)14(11,12)13/h2-5,8H2,1H3,(H,9,10)(H2,11,12,13). The summed E-state index contributed by atoms with van der Waals surface area (Å²) in [4.78, 5) is 28.3. The maximum Gasteiger partial charge on any atom is 0.356 e. The van der Waals surface area contributed by atoms with E-state index in [9.17, 15) is 9.36 Å². The van der Waals surface area contributed by atoms with Crippen molar-refractivity contribution in [2.24, 2.45) is 5.73 Å². The molecular formula is C7H16NO5P. The Morgan fingerprint density at radius 3 is 2.21 bits per heavy atom. The van der Waals surface area contributed by atoms with Crippen LogP contribution in [-0.2, 0) is 9.36 Å². The van der Waals surface area contributed by atoms with Crippen molar-refractivity contribution < 1.29 is 24.3 Å². The van der Waals surface area contributed by atoms with Gasteiger partial charge in [-0.15, -0.1) is 0 Å². The van der Waals surface area contributed by atoms with Crippen molar-refractivity contribution in [2.45, 2.75) is 37.9 Å². The van der Waals surface area contributed by atoms with Gasteiger partial charge in [0.25, 0.3) is 0 Å². The van der Waals surface area contributed by atoms with Gasteiger partial charge in [-0.1, -0.05) is 26.2 Å². The maximum atomic E-state index is 10.9. The number of carbonyl (C=O) groups is 1. The molecule has 0 amide bonds. The highest BCUT2D eigenvalue weighted by Crippen LogP contribution is 2.49. The Kier molecular flexibility index (Phi) is 4.74. The van der Waals surface area contributed by atoms with Crippen LogP contribution in [-0.4, -0.2) is 26.1 Å². The quantitative estimate of drug-likeness (QED) is 0.385. The lowest BCUT2D eigenvalue weighted by Crippen LogP contribution is -2.47. The highest BCUT2D eigenvalue weighted by Gasteiger charge is 2.49. The van der Waals surface area contributed by atoms with Crippen molar-refractivity contribution in [3.63, 3.8) is 0 Å². The van der Waals surface area contributed by atoms with E-state index in [2.05, 4.69) is 0 Å². The third-order valence-electron chi connectivity index (χ3n) is 2.05. The molecule has 84 valence electrons. The molecule has 1 unspecified atom stereocenters. The van der Waals surface area contributed by atoms with Crippen molar-refractivity contribution in [3.8, 4) is 0 Å². The van der Waals surface area contributed by atoms with Gasteiger partial charge in [0.2, 0.25) is 5.28 Å². The predicted molar refractivity (Wildman–Crippen MR) is 50.7 cm³/mol. The lowest BCUT2D eigenvalue weighted by molar-refractivity contribution is -0.140. The summed E-state index contributed by atoms with van der Waals surface area (Å²) in [6.07, 6.45) is 1.72. The average Bonchev–Trinajstić information content (AvgIpc) is 2.02. The van der Waals surface area contributed by atoms with Gasteiger partial charge in [-0.2, -0.15) is 0 Å². The van der Waals surface area contributed by atoms with Gasteiger partial charge in [0.15, 0.2) is 0 Å². The molecule has 5 N–H and O–H groups in total. The van der Waals surface area contributed by atoms with E-state index in [-0.39, 0.29) is 6.42 Å². The number of hydrogen-bond donors (Lipinski definition) is 4. The Morgan fingerprint density at radius 1 is 1.43 bits per heavy atom. The second-order valence-electron chi connectivity index (χ2n) is 3.23. The van der Waals surface area contributed by atoms with Crippen LogP contribution >= 0.6 is 7.60 Å². The molecule has 0 rings (SSSR count). The van der Waals surface area contributed by atoms with E-state index >= 15 is 0 Å². The third-order valence-corrected chi connectivity index (χ3v) is 3.51. The van der Waals surface area contributed by atoms with Crippen LogP contribution in [0.4, 0.5) is 0 Å². The van der Waals surface area contributed by atoms with Gasteiger partial charge in [-0.05, 0) is 6.42 Å². The van der Waals surface area contributed by atoms with E-state index in [0.29, 0.717) is 12.8 Å².